The molecule has 0 aliphatic carbocycles. The van der Waals surface area contributed by atoms with E-state index in [1.54, 1.807) is 0 Å². The number of fused-ring (bicyclic) bond motifs is 1. The van der Waals surface area contributed by atoms with Crippen LogP contribution in [0.25, 0.3) is 22.2 Å². The molecule has 0 unspecified atom stereocenters. The molecular weight excluding hydrogens is 270 g/mol. The summed E-state index contributed by atoms with van der Waals surface area (Å²) in [5.41, 5.74) is 6.22. The monoisotopic (exact) mass is 293 g/mol. The Morgan fingerprint density at radius 2 is 1.77 bits per heavy atom. The summed E-state index contributed by atoms with van der Waals surface area (Å²) < 4.78 is 5.80. The minimum Gasteiger partial charge on any atom is -0.494 e. The number of nitrogens with one attached hydrogen (secondary N) is 1. The fourth-order valence-corrected chi connectivity index (χ4v) is 2.91. The Balaban J connectivity index is 1.96. The third-order valence-electron chi connectivity index (χ3n) is 4.11. The first-order valence-electron chi connectivity index (χ1n) is 8.01. The van der Waals surface area contributed by atoms with Gasteiger partial charge in [-0.15, -0.1) is 0 Å². The number of hydrogen-bond donors (Lipinski definition) is 1. The third-order valence-corrected chi connectivity index (χ3v) is 4.11. The standard InChI is InChI=1S/C20H23NO/c1-4-5-11-22-17-9-10-18-16(12-17)13-19(21-18)20-14(2)7-6-8-15(20)3/h6-10,12-13,21H,4-5,11H2,1-3H3. The number of H-pyrrole nitrogens is 1. The molecule has 22 heavy (non-hydrogen) atoms. The normalized spacial score (nSPS) is 11.0. The van der Waals surface area contributed by atoms with Gasteiger partial charge in [0, 0.05) is 22.2 Å². The average Bonchev–Trinajstić information content (AvgIpc) is 2.90. The quantitative estimate of drug-likeness (QED) is 0.606. The fourth-order valence-electron chi connectivity index (χ4n) is 2.91. The predicted molar refractivity (Wildman–Crippen MR) is 93.6 cm³/mol. The number of unbranched alkanes of at least 4 members (excludes halogenated alkanes) is 1. The number of rotatable bonds is 5. The fraction of sp³-hybridized carbons (Fsp3) is 0.300. The van der Waals surface area contributed by atoms with E-state index < -0.39 is 0 Å². The van der Waals surface area contributed by atoms with Crippen LogP contribution in [0.15, 0.2) is 42.5 Å². The van der Waals surface area contributed by atoms with Crippen molar-refractivity contribution in [2.45, 2.75) is 33.6 Å². The maximum absolute atomic E-state index is 5.80. The van der Waals surface area contributed by atoms with Gasteiger partial charge in [-0.2, -0.15) is 0 Å². The van der Waals surface area contributed by atoms with Gasteiger partial charge in [0.05, 0.1) is 6.61 Å². The number of aromatic nitrogens is 1. The first kappa shape index (κ1) is 14.7. The number of aromatic amines is 1. The smallest absolute Gasteiger partial charge is 0.120 e. The molecule has 2 heteroatoms. The lowest BCUT2D eigenvalue weighted by Gasteiger charge is -2.07. The summed E-state index contributed by atoms with van der Waals surface area (Å²) in [4.78, 5) is 3.53. The van der Waals surface area contributed by atoms with Gasteiger partial charge in [-0.1, -0.05) is 31.5 Å². The number of aryl methyl sites for hydroxylation is 2. The van der Waals surface area contributed by atoms with Gasteiger partial charge in [0.2, 0.25) is 0 Å². The zero-order valence-electron chi connectivity index (χ0n) is 13.6. The first-order valence-corrected chi connectivity index (χ1v) is 8.01. The molecule has 0 spiro atoms. The summed E-state index contributed by atoms with van der Waals surface area (Å²) in [5, 5.41) is 1.20. The summed E-state index contributed by atoms with van der Waals surface area (Å²) in [6.45, 7) is 7.28. The zero-order chi connectivity index (χ0) is 15.5. The lowest BCUT2D eigenvalue weighted by molar-refractivity contribution is 0.310. The molecular formula is C20H23NO. The maximum atomic E-state index is 5.80. The Labute approximate surface area is 132 Å². The molecule has 0 radical (unpaired) electrons. The SMILES string of the molecule is CCCCOc1ccc2[nH]c(-c3c(C)cccc3C)cc2c1. The number of hydrogen-bond acceptors (Lipinski definition) is 1. The van der Waals surface area contributed by atoms with E-state index in [1.807, 2.05) is 6.07 Å². The van der Waals surface area contributed by atoms with Gasteiger partial charge in [0.25, 0.3) is 0 Å². The van der Waals surface area contributed by atoms with Crippen molar-refractivity contribution >= 4 is 10.9 Å². The van der Waals surface area contributed by atoms with Crippen LogP contribution in [0.4, 0.5) is 0 Å². The van der Waals surface area contributed by atoms with Crippen molar-refractivity contribution in [1.29, 1.82) is 0 Å². The van der Waals surface area contributed by atoms with E-state index in [-0.39, 0.29) is 0 Å². The van der Waals surface area contributed by atoms with Crippen LogP contribution in [0.3, 0.4) is 0 Å². The van der Waals surface area contributed by atoms with Gasteiger partial charge in [0.15, 0.2) is 0 Å². The number of benzene rings is 2. The maximum Gasteiger partial charge on any atom is 0.120 e. The van der Waals surface area contributed by atoms with Crippen molar-refractivity contribution < 1.29 is 4.74 Å². The van der Waals surface area contributed by atoms with Gasteiger partial charge in [-0.25, -0.2) is 0 Å². The molecule has 1 aromatic heterocycles. The molecule has 0 fully saturated rings. The Morgan fingerprint density at radius 1 is 1.00 bits per heavy atom. The molecule has 1 N–H and O–H groups in total. The second-order valence-electron chi connectivity index (χ2n) is 5.90. The highest BCUT2D eigenvalue weighted by molar-refractivity contribution is 5.88. The van der Waals surface area contributed by atoms with Crippen molar-refractivity contribution in [3.63, 3.8) is 0 Å². The largest absolute Gasteiger partial charge is 0.494 e. The lowest BCUT2D eigenvalue weighted by atomic mass is 10.0. The van der Waals surface area contributed by atoms with Gasteiger partial charge >= 0.3 is 0 Å². The molecule has 0 aliphatic rings. The third kappa shape index (κ3) is 2.87. The van der Waals surface area contributed by atoms with Crippen LogP contribution in [0.5, 0.6) is 5.75 Å². The molecule has 0 bridgehead atoms. The van der Waals surface area contributed by atoms with E-state index >= 15 is 0 Å². The average molecular weight is 293 g/mol. The summed E-state index contributed by atoms with van der Waals surface area (Å²) in [6.07, 6.45) is 2.25. The van der Waals surface area contributed by atoms with Crippen molar-refractivity contribution in [1.82, 2.24) is 4.98 Å². The molecule has 114 valence electrons. The molecule has 2 nitrogen and oxygen atoms in total. The summed E-state index contributed by atoms with van der Waals surface area (Å²) in [6, 6.07) is 14.9. The van der Waals surface area contributed by atoms with Crippen LogP contribution in [0.2, 0.25) is 0 Å². The van der Waals surface area contributed by atoms with E-state index in [0.29, 0.717) is 0 Å². The van der Waals surface area contributed by atoms with Crippen molar-refractivity contribution in [3.05, 3.63) is 53.6 Å². The number of ether oxygens (including phenoxy) is 1. The molecule has 0 aliphatic heterocycles. The summed E-state index contributed by atoms with van der Waals surface area (Å²) in [5.74, 6) is 0.952. The second kappa shape index (κ2) is 6.27. The van der Waals surface area contributed by atoms with Crippen molar-refractivity contribution in [3.8, 4) is 17.0 Å². The summed E-state index contributed by atoms with van der Waals surface area (Å²) >= 11 is 0. The molecule has 1 heterocycles. The van der Waals surface area contributed by atoms with Crippen molar-refractivity contribution in [2.75, 3.05) is 6.61 Å². The molecule has 0 atom stereocenters. The minimum atomic E-state index is 0.788. The minimum absolute atomic E-state index is 0.788. The highest BCUT2D eigenvalue weighted by Gasteiger charge is 2.09. The van der Waals surface area contributed by atoms with Crippen LogP contribution in [0, 0.1) is 13.8 Å². The highest BCUT2D eigenvalue weighted by Crippen LogP contribution is 2.31. The Morgan fingerprint density at radius 3 is 2.50 bits per heavy atom. The molecule has 3 rings (SSSR count). The van der Waals surface area contributed by atoms with Gasteiger partial charge in [-0.3, -0.25) is 0 Å². The first-order chi connectivity index (χ1) is 10.7. The Hall–Kier alpha value is -2.22. The van der Waals surface area contributed by atoms with Crippen LogP contribution in [-0.2, 0) is 0 Å². The molecule has 3 aromatic rings. The summed E-state index contributed by atoms with van der Waals surface area (Å²) in [7, 11) is 0. The lowest BCUT2D eigenvalue weighted by Crippen LogP contribution is -1.95. The highest BCUT2D eigenvalue weighted by atomic mass is 16.5. The van der Waals surface area contributed by atoms with E-state index in [4.69, 9.17) is 4.74 Å². The zero-order valence-corrected chi connectivity index (χ0v) is 13.6. The van der Waals surface area contributed by atoms with Gasteiger partial charge < -0.3 is 9.72 Å². The second-order valence-corrected chi connectivity index (χ2v) is 5.90. The topological polar surface area (TPSA) is 25.0 Å². The molecule has 0 amide bonds. The molecule has 0 saturated carbocycles. The van der Waals surface area contributed by atoms with Crippen LogP contribution < -0.4 is 4.74 Å². The molecule has 2 aromatic carbocycles. The van der Waals surface area contributed by atoms with Crippen molar-refractivity contribution in [2.24, 2.45) is 0 Å². The van der Waals surface area contributed by atoms with E-state index in [0.717, 1.165) is 30.7 Å². The van der Waals surface area contributed by atoms with Gasteiger partial charge in [-0.05, 0) is 55.7 Å². The van der Waals surface area contributed by atoms with Crippen LogP contribution >= 0.6 is 0 Å². The van der Waals surface area contributed by atoms with E-state index in [1.165, 1.54) is 27.8 Å². The predicted octanol–water partition coefficient (Wildman–Crippen LogP) is 5.63. The van der Waals surface area contributed by atoms with Gasteiger partial charge in [0.1, 0.15) is 5.75 Å². The van der Waals surface area contributed by atoms with Crippen LogP contribution in [-0.4, -0.2) is 11.6 Å². The Bertz CT molecular complexity index is 765. The van der Waals surface area contributed by atoms with E-state index in [2.05, 4.69) is 62.2 Å². The molecule has 0 saturated heterocycles. The van der Waals surface area contributed by atoms with E-state index in [9.17, 15) is 0 Å². The van der Waals surface area contributed by atoms with Crippen LogP contribution in [0.1, 0.15) is 30.9 Å². The Kier molecular flexibility index (Phi) is 4.19.